The van der Waals surface area contributed by atoms with Crippen LogP contribution in [0.15, 0.2) is 187 Å². The Morgan fingerprint density at radius 2 is 1.32 bits per heavy atom. The molecule has 0 fully saturated rings. The lowest BCUT2D eigenvalue weighted by molar-refractivity contribution is 1.11. The van der Waals surface area contributed by atoms with Gasteiger partial charge < -0.3 is 0 Å². The first-order chi connectivity index (χ1) is 29.9. The molecule has 1 heterocycles. The highest BCUT2D eigenvalue weighted by Gasteiger charge is 2.16. The van der Waals surface area contributed by atoms with Gasteiger partial charge in [0.05, 0.1) is 17.1 Å². The molecule has 3 nitrogen and oxygen atoms in total. The molecule has 0 amide bonds. The van der Waals surface area contributed by atoms with Gasteiger partial charge >= 0.3 is 0 Å². The standard InChI is InChI=1S/C28H28N2.C22H27N.C5H10.C2H6.C2H2/c1-7-8-14-25(20(4)5)27-21(6)26(23-12-10-9-11-13-23)29-28(30-27)24-17-15-22(16-18-24)19(2)3;1-7-10-14-20(8-2)18(5)23-19(6)21(9-3)16-22-15-12-11-13-17(22)4;1-3-5-4-2;2*1-2/h7-18H,1-2H2,3-6H3;8-16H,3,6-7H2,1-2,4-5H3;3,5H,4H2,1-2H3;1-2H3;1-2H/b14-8-;14-10-,20-8+,21-16+,23-18?;5-3-;;. The molecular weight excluding hydrogens is 751 g/mol. The zero-order valence-corrected chi connectivity index (χ0v) is 40.0. The van der Waals surface area contributed by atoms with Crippen LogP contribution in [0.1, 0.15) is 110 Å². The van der Waals surface area contributed by atoms with E-state index >= 15 is 0 Å². The Labute approximate surface area is 378 Å². The van der Waals surface area contributed by atoms with E-state index in [4.69, 9.17) is 9.97 Å². The third-order valence-corrected chi connectivity index (χ3v) is 9.11. The van der Waals surface area contributed by atoms with E-state index in [1.807, 2.05) is 84.0 Å². The first-order valence-electron chi connectivity index (χ1n) is 21.5. The van der Waals surface area contributed by atoms with Gasteiger partial charge in [-0.1, -0.05) is 199 Å². The van der Waals surface area contributed by atoms with Gasteiger partial charge in [0, 0.05) is 22.4 Å². The lowest BCUT2D eigenvalue weighted by atomic mass is 9.97. The topological polar surface area (TPSA) is 38.1 Å². The van der Waals surface area contributed by atoms with E-state index < -0.39 is 0 Å². The van der Waals surface area contributed by atoms with E-state index in [-0.39, 0.29) is 0 Å². The van der Waals surface area contributed by atoms with Gasteiger partial charge in [-0.25, -0.2) is 9.97 Å². The normalized spacial score (nSPS) is 11.2. The molecule has 3 aromatic carbocycles. The van der Waals surface area contributed by atoms with Gasteiger partial charge in [-0.15, -0.1) is 12.8 Å². The van der Waals surface area contributed by atoms with Crippen molar-refractivity contribution in [3.05, 3.63) is 210 Å². The summed E-state index contributed by atoms with van der Waals surface area (Å²) in [7, 11) is 0. The Balaban J connectivity index is 0.00000103. The van der Waals surface area contributed by atoms with Crippen LogP contribution in [0.5, 0.6) is 0 Å². The predicted molar refractivity (Wildman–Crippen MR) is 281 cm³/mol. The van der Waals surface area contributed by atoms with Crippen molar-refractivity contribution in [3.8, 4) is 35.5 Å². The van der Waals surface area contributed by atoms with E-state index in [1.54, 1.807) is 6.08 Å². The molecule has 0 saturated carbocycles. The SMILES string of the molecule is C#C.C/C=C\CC.C=C/C(=C\c1ccccc1C)C(=C)N=C(C)C(/C=C\CC)=C/C.C=C/C=C\C(=C(C)C)c1nc(-c2ccc(C(=C)C)cc2)nc(-c2ccccc2)c1C.CC. The lowest BCUT2D eigenvalue weighted by Crippen LogP contribution is -2.03. The number of nitrogens with zero attached hydrogens (tertiary/aromatic N) is 3. The Hall–Kier alpha value is -6.63. The predicted octanol–water partition coefficient (Wildman–Crippen LogP) is 17.4. The maximum atomic E-state index is 5.00. The monoisotopic (exact) mass is 824 g/mol. The highest BCUT2D eigenvalue weighted by molar-refractivity contribution is 6.01. The largest absolute Gasteiger partial charge is 0.253 e. The molecule has 0 bridgehead atoms. The highest BCUT2D eigenvalue weighted by Crippen LogP contribution is 2.32. The van der Waals surface area contributed by atoms with Crippen LogP contribution in [0.4, 0.5) is 0 Å². The molecule has 1 aromatic heterocycles. The molecule has 0 aliphatic heterocycles. The summed E-state index contributed by atoms with van der Waals surface area (Å²) in [6, 6.07) is 26.8. The number of aryl methyl sites for hydroxylation is 1. The first-order valence-corrected chi connectivity index (χ1v) is 21.5. The van der Waals surface area contributed by atoms with Crippen molar-refractivity contribution >= 4 is 22.9 Å². The Kier molecular flexibility index (Phi) is 28.7. The molecule has 0 unspecified atom stereocenters. The number of benzene rings is 3. The summed E-state index contributed by atoms with van der Waals surface area (Å²) in [5, 5.41) is 0. The van der Waals surface area contributed by atoms with Crippen LogP contribution >= 0.6 is 0 Å². The number of aromatic nitrogens is 2. The molecule has 4 rings (SSSR count). The van der Waals surface area contributed by atoms with Crippen molar-refractivity contribution in [2.45, 2.75) is 95.9 Å². The molecule has 0 aliphatic carbocycles. The lowest BCUT2D eigenvalue weighted by Gasteiger charge is -2.15. The van der Waals surface area contributed by atoms with E-state index in [0.29, 0.717) is 5.82 Å². The number of allylic oxidation sites excluding steroid dienone is 13. The minimum Gasteiger partial charge on any atom is -0.253 e. The summed E-state index contributed by atoms with van der Waals surface area (Å²) < 4.78 is 0. The number of hydrogen-bond acceptors (Lipinski definition) is 3. The molecule has 0 aliphatic rings. The van der Waals surface area contributed by atoms with Gasteiger partial charge in [0.1, 0.15) is 0 Å². The van der Waals surface area contributed by atoms with Gasteiger partial charge in [0.25, 0.3) is 0 Å². The van der Waals surface area contributed by atoms with Gasteiger partial charge in [-0.2, -0.15) is 0 Å². The summed E-state index contributed by atoms with van der Waals surface area (Å²) in [6.45, 7) is 40.6. The minimum atomic E-state index is 0.716. The summed E-state index contributed by atoms with van der Waals surface area (Å²) in [5.41, 5.74) is 15.6. The van der Waals surface area contributed by atoms with Crippen LogP contribution in [0.3, 0.4) is 0 Å². The fraction of sp³-hybridized carbons (Fsp3) is 0.237. The minimum absolute atomic E-state index is 0.716. The van der Waals surface area contributed by atoms with Crippen molar-refractivity contribution < 1.29 is 0 Å². The molecule has 324 valence electrons. The molecule has 0 atom stereocenters. The van der Waals surface area contributed by atoms with Crippen molar-refractivity contribution in [3.63, 3.8) is 0 Å². The molecule has 0 saturated heterocycles. The second-order valence-electron chi connectivity index (χ2n) is 13.9. The second-order valence-corrected chi connectivity index (χ2v) is 13.9. The maximum Gasteiger partial charge on any atom is 0.160 e. The first kappa shape index (κ1) is 55.4. The Morgan fingerprint density at radius 3 is 1.81 bits per heavy atom. The van der Waals surface area contributed by atoms with Gasteiger partial charge in [-0.05, 0) is 108 Å². The van der Waals surface area contributed by atoms with Crippen LogP contribution in [0.2, 0.25) is 0 Å². The number of terminal acetylenes is 1. The zero-order valence-electron chi connectivity index (χ0n) is 40.0. The molecule has 3 heteroatoms. The smallest absolute Gasteiger partial charge is 0.160 e. The molecule has 0 N–H and O–H groups in total. The van der Waals surface area contributed by atoms with E-state index in [1.165, 1.54) is 11.1 Å². The van der Waals surface area contributed by atoms with E-state index in [0.717, 1.165) is 85.7 Å². The quantitative estimate of drug-likeness (QED) is 0.0550. The summed E-state index contributed by atoms with van der Waals surface area (Å²) in [6.07, 6.45) is 30.4. The van der Waals surface area contributed by atoms with Crippen molar-refractivity contribution in [1.29, 1.82) is 0 Å². The average Bonchev–Trinajstić information content (AvgIpc) is 3.29. The van der Waals surface area contributed by atoms with E-state index in [9.17, 15) is 0 Å². The number of aliphatic imine (C=N–C) groups is 1. The Bertz CT molecular complexity index is 2260. The summed E-state index contributed by atoms with van der Waals surface area (Å²) in [4.78, 5) is 14.6. The number of rotatable bonds is 14. The van der Waals surface area contributed by atoms with Crippen LogP contribution in [-0.4, -0.2) is 15.7 Å². The van der Waals surface area contributed by atoms with Crippen molar-refractivity contribution in [1.82, 2.24) is 9.97 Å². The maximum absolute atomic E-state index is 5.00. The van der Waals surface area contributed by atoms with Gasteiger partial charge in [0.15, 0.2) is 5.82 Å². The second kappa shape index (κ2) is 32.2. The van der Waals surface area contributed by atoms with Crippen LogP contribution < -0.4 is 0 Å². The third kappa shape index (κ3) is 18.7. The summed E-state index contributed by atoms with van der Waals surface area (Å²) in [5.74, 6) is 0.716. The molecular formula is C59H73N3. The van der Waals surface area contributed by atoms with Crippen molar-refractivity contribution in [2.24, 2.45) is 4.99 Å². The number of hydrogen-bond donors (Lipinski definition) is 0. The van der Waals surface area contributed by atoms with Crippen LogP contribution in [0, 0.1) is 26.7 Å². The average molecular weight is 824 g/mol. The van der Waals surface area contributed by atoms with Gasteiger partial charge in [0.2, 0.25) is 0 Å². The van der Waals surface area contributed by atoms with E-state index in [2.05, 4.69) is 177 Å². The van der Waals surface area contributed by atoms with Gasteiger partial charge in [-0.3, -0.25) is 4.99 Å². The molecule has 0 spiro atoms. The molecule has 4 aromatic rings. The fourth-order valence-corrected chi connectivity index (χ4v) is 5.75. The van der Waals surface area contributed by atoms with Crippen molar-refractivity contribution in [2.75, 3.05) is 0 Å². The zero-order chi connectivity index (χ0) is 47.0. The highest BCUT2D eigenvalue weighted by atomic mass is 14.9. The molecule has 0 radical (unpaired) electrons. The third-order valence-electron chi connectivity index (χ3n) is 9.11. The van der Waals surface area contributed by atoms with Crippen LogP contribution in [-0.2, 0) is 0 Å². The molecule has 62 heavy (non-hydrogen) atoms. The fourth-order valence-electron chi connectivity index (χ4n) is 5.75. The summed E-state index contributed by atoms with van der Waals surface area (Å²) >= 11 is 0. The Morgan fingerprint density at radius 1 is 0.726 bits per heavy atom. The van der Waals surface area contributed by atoms with Crippen LogP contribution in [0.25, 0.3) is 39.9 Å².